The normalized spacial score (nSPS) is 9.77. The van der Waals surface area contributed by atoms with Gasteiger partial charge in [-0.25, -0.2) is 4.98 Å². The molecule has 0 aliphatic heterocycles. The lowest BCUT2D eigenvalue weighted by Gasteiger charge is -2.08. The van der Waals surface area contributed by atoms with Gasteiger partial charge in [0.2, 0.25) is 11.1 Å². The first-order valence-electron chi connectivity index (χ1n) is 3.36. The van der Waals surface area contributed by atoms with Gasteiger partial charge < -0.3 is 4.90 Å². The highest BCUT2D eigenvalue weighted by atomic mass is 35.5. The number of nitro groups is 1. The monoisotopic (exact) mass is 202 g/mol. The molecule has 6 nitrogen and oxygen atoms in total. The summed E-state index contributed by atoms with van der Waals surface area (Å²) in [5.74, 6) is 0.343. The van der Waals surface area contributed by atoms with Crippen LogP contribution in [0.3, 0.4) is 0 Å². The second-order valence-electron chi connectivity index (χ2n) is 2.50. The molecule has 1 rings (SSSR count). The lowest BCUT2D eigenvalue weighted by atomic mass is 10.5. The molecule has 0 amide bonds. The van der Waals surface area contributed by atoms with E-state index in [1.807, 2.05) is 0 Å². The number of rotatable bonds is 2. The Labute approximate surface area is 79.3 Å². The van der Waals surface area contributed by atoms with Gasteiger partial charge in [-0.3, -0.25) is 10.1 Å². The molecule has 0 atom stereocenters. The number of hydrogen-bond donors (Lipinski definition) is 0. The van der Waals surface area contributed by atoms with E-state index >= 15 is 0 Å². The Kier molecular flexibility index (Phi) is 2.62. The molecule has 0 aromatic carbocycles. The van der Waals surface area contributed by atoms with Gasteiger partial charge in [-0.2, -0.15) is 4.98 Å². The van der Waals surface area contributed by atoms with E-state index in [1.165, 1.54) is 0 Å². The van der Waals surface area contributed by atoms with Crippen LogP contribution in [0.4, 0.5) is 11.6 Å². The maximum absolute atomic E-state index is 10.3. The van der Waals surface area contributed by atoms with Crippen LogP contribution < -0.4 is 4.90 Å². The summed E-state index contributed by atoms with van der Waals surface area (Å²) >= 11 is 5.55. The molecule has 0 spiro atoms. The third kappa shape index (κ3) is 2.03. The lowest BCUT2D eigenvalue weighted by Crippen LogP contribution is -2.12. The Morgan fingerprint density at radius 1 is 1.62 bits per heavy atom. The molecule has 0 aliphatic carbocycles. The third-order valence-corrected chi connectivity index (χ3v) is 1.59. The summed E-state index contributed by atoms with van der Waals surface area (Å²) in [5, 5.41) is 10.2. The number of nitrogens with zero attached hydrogens (tertiary/aromatic N) is 4. The van der Waals surface area contributed by atoms with Gasteiger partial charge in [0.05, 0.1) is 4.92 Å². The average molecular weight is 203 g/mol. The van der Waals surface area contributed by atoms with Crippen molar-refractivity contribution in [2.75, 3.05) is 19.0 Å². The van der Waals surface area contributed by atoms with Crippen LogP contribution in [0.2, 0.25) is 5.15 Å². The van der Waals surface area contributed by atoms with Crippen molar-refractivity contribution < 1.29 is 4.92 Å². The van der Waals surface area contributed by atoms with Crippen molar-refractivity contribution in [3.05, 3.63) is 21.5 Å². The van der Waals surface area contributed by atoms with E-state index < -0.39 is 4.92 Å². The Balaban J connectivity index is 3.13. The van der Waals surface area contributed by atoms with E-state index in [-0.39, 0.29) is 10.8 Å². The number of hydrogen-bond acceptors (Lipinski definition) is 5. The highest BCUT2D eigenvalue weighted by Crippen LogP contribution is 2.21. The van der Waals surface area contributed by atoms with Crippen LogP contribution in [-0.4, -0.2) is 29.0 Å². The predicted molar refractivity (Wildman–Crippen MR) is 48.0 cm³/mol. The molecule has 13 heavy (non-hydrogen) atoms. The minimum atomic E-state index is -0.623. The fraction of sp³-hybridized carbons (Fsp3) is 0.333. The molecule has 0 fully saturated rings. The maximum atomic E-state index is 10.3. The fourth-order valence-electron chi connectivity index (χ4n) is 0.684. The van der Waals surface area contributed by atoms with Crippen molar-refractivity contribution >= 4 is 23.2 Å². The summed E-state index contributed by atoms with van der Waals surface area (Å²) < 4.78 is 0. The van der Waals surface area contributed by atoms with Crippen molar-refractivity contribution in [3.8, 4) is 0 Å². The quantitative estimate of drug-likeness (QED) is 0.408. The van der Waals surface area contributed by atoms with E-state index in [1.54, 1.807) is 19.0 Å². The summed E-state index contributed by atoms with van der Waals surface area (Å²) in [5.41, 5.74) is -0.285. The van der Waals surface area contributed by atoms with Gasteiger partial charge in [0.25, 0.3) is 0 Å². The van der Waals surface area contributed by atoms with Crippen molar-refractivity contribution in [1.82, 2.24) is 9.97 Å². The molecule has 1 aromatic rings. The number of aromatic nitrogens is 2. The van der Waals surface area contributed by atoms with Crippen LogP contribution in [0.5, 0.6) is 0 Å². The molecular weight excluding hydrogens is 196 g/mol. The topological polar surface area (TPSA) is 72.2 Å². The van der Waals surface area contributed by atoms with E-state index in [2.05, 4.69) is 9.97 Å². The summed E-state index contributed by atoms with van der Waals surface area (Å²) in [6.07, 6.45) is 1.09. The van der Waals surface area contributed by atoms with Gasteiger partial charge in [0.1, 0.15) is 6.20 Å². The second-order valence-corrected chi connectivity index (χ2v) is 2.86. The molecule has 0 aliphatic rings. The first-order chi connectivity index (χ1) is 6.02. The van der Waals surface area contributed by atoms with Gasteiger partial charge in [-0.05, 0) is 0 Å². The standard InChI is InChI=1S/C6H7ClN4O2/c1-10(2)6-8-3-4(11(12)13)5(7)9-6/h3H,1-2H3. The average Bonchev–Trinajstić information content (AvgIpc) is 2.03. The largest absolute Gasteiger partial charge is 0.347 e. The van der Waals surface area contributed by atoms with Crippen molar-refractivity contribution in [3.63, 3.8) is 0 Å². The van der Waals surface area contributed by atoms with Crippen LogP contribution in [-0.2, 0) is 0 Å². The molecule has 0 bridgehead atoms. The highest BCUT2D eigenvalue weighted by Gasteiger charge is 2.15. The molecule has 0 radical (unpaired) electrons. The van der Waals surface area contributed by atoms with E-state index in [0.717, 1.165) is 6.20 Å². The van der Waals surface area contributed by atoms with Crippen LogP contribution >= 0.6 is 11.6 Å². The maximum Gasteiger partial charge on any atom is 0.324 e. The van der Waals surface area contributed by atoms with E-state index in [9.17, 15) is 10.1 Å². The van der Waals surface area contributed by atoms with Crippen LogP contribution in [0.1, 0.15) is 0 Å². The van der Waals surface area contributed by atoms with Crippen LogP contribution in [0.25, 0.3) is 0 Å². The molecule has 0 N–H and O–H groups in total. The van der Waals surface area contributed by atoms with Gasteiger partial charge in [0, 0.05) is 14.1 Å². The van der Waals surface area contributed by atoms with Crippen molar-refractivity contribution in [1.29, 1.82) is 0 Å². The molecular formula is C6H7ClN4O2. The van der Waals surface area contributed by atoms with Gasteiger partial charge in [-0.15, -0.1) is 0 Å². The molecule has 7 heteroatoms. The highest BCUT2D eigenvalue weighted by molar-refractivity contribution is 6.31. The second kappa shape index (κ2) is 3.53. The Hall–Kier alpha value is -1.43. The van der Waals surface area contributed by atoms with Crippen molar-refractivity contribution in [2.24, 2.45) is 0 Å². The molecule has 1 aromatic heterocycles. The van der Waals surface area contributed by atoms with Crippen LogP contribution in [0.15, 0.2) is 6.20 Å². The first kappa shape index (κ1) is 9.66. The minimum Gasteiger partial charge on any atom is -0.347 e. The van der Waals surface area contributed by atoms with Crippen LogP contribution in [0, 0.1) is 10.1 Å². The summed E-state index contributed by atoms with van der Waals surface area (Å²) in [6, 6.07) is 0. The zero-order chi connectivity index (χ0) is 10.0. The SMILES string of the molecule is CN(C)c1ncc([N+](=O)[O-])c(Cl)n1. The van der Waals surface area contributed by atoms with E-state index in [4.69, 9.17) is 11.6 Å². The third-order valence-electron chi connectivity index (χ3n) is 1.31. The number of anilines is 1. The zero-order valence-corrected chi connectivity index (χ0v) is 7.82. The molecule has 70 valence electrons. The summed E-state index contributed by atoms with van der Waals surface area (Å²) in [7, 11) is 3.44. The Bertz CT molecular complexity index is 341. The fourth-order valence-corrected chi connectivity index (χ4v) is 0.877. The Morgan fingerprint density at radius 2 is 2.23 bits per heavy atom. The number of halogens is 1. The summed E-state index contributed by atoms with van der Waals surface area (Å²) in [4.78, 5) is 18.8. The molecule has 0 unspecified atom stereocenters. The van der Waals surface area contributed by atoms with Crippen molar-refractivity contribution in [2.45, 2.75) is 0 Å². The van der Waals surface area contributed by atoms with E-state index in [0.29, 0.717) is 5.95 Å². The lowest BCUT2D eigenvalue weighted by molar-refractivity contribution is -0.385. The Morgan fingerprint density at radius 3 is 2.62 bits per heavy atom. The van der Waals surface area contributed by atoms with Gasteiger partial charge in [0.15, 0.2) is 0 Å². The molecule has 1 heterocycles. The summed E-state index contributed by atoms with van der Waals surface area (Å²) in [6.45, 7) is 0. The first-order valence-corrected chi connectivity index (χ1v) is 3.74. The molecule has 0 saturated carbocycles. The smallest absolute Gasteiger partial charge is 0.324 e. The molecule has 0 saturated heterocycles. The van der Waals surface area contributed by atoms with Gasteiger partial charge >= 0.3 is 5.69 Å². The minimum absolute atomic E-state index is 0.149. The predicted octanol–water partition coefficient (Wildman–Crippen LogP) is 1.10. The van der Waals surface area contributed by atoms with Gasteiger partial charge in [-0.1, -0.05) is 11.6 Å². The zero-order valence-electron chi connectivity index (χ0n) is 7.06.